The van der Waals surface area contributed by atoms with Crippen molar-refractivity contribution < 1.29 is 8.83 Å². The van der Waals surface area contributed by atoms with Crippen LogP contribution in [-0.4, -0.2) is 26.1 Å². The van der Waals surface area contributed by atoms with E-state index in [1.54, 1.807) is 0 Å². The Hall–Kier alpha value is -2.19. The van der Waals surface area contributed by atoms with Gasteiger partial charge in [-0.1, -0.05) is 39.3 Å². The van der Waals surface area contributed by atoms with Crippen LogP contribution in [0.3, 0.4) is 0 Å². The molecule has 0 aliphatic rings. The lowest BCUT2D eigenvalue weighted by molar-refractivity contribution is 0.642. The van der Waals surface area contributed by atoms with E-state index in [1.165, 1.54) is 0 Å². The number of fused-ring (bicyclic) bond motifs is 2. The van der Waals surface area contributed by atoms with E-state index in [0.717, 1.165) is 44.1 Å². The zero-order valence-corrected chi connectivity index (χ0v) is 18.2. The Morgan fingerprint density at radius 2 is 1.04 bits per heavy atom. The molecule has 0 aliphatic heterocycles. The third-order valence-corrected chi connectivity index (χ3v) is 8.02. The van der Waals surface area contributed by atoms with Crippen molar-refractivity contribution in [3.63, 3.8) is 0 Å². The summed E-state index contributed by atoms with van der Waals surface area (Å²) in [5.74, 6) is 0. The normalized spacial score (nSPS) is 13.0. The highest BCUT2D eigenvalue weighted by Gasteiger charge is 2.26. The van der Waals surface area contributed by atoms with Gasteiger partial charge in [0, 0.05) is 23.2 Å². The van der Waals surface area contributed by atoms with Crippen molar-refractivity contribution in [3.05, 3.63) is 36.7 Å². The third-order valence-electron chi connectivity index (χ3n) is 4.57. The summed E-state index contributed by atoms with van der Waals surface area (Å²) >= 11 is 0. The number of pyridine rings is 2. The van der Waals surface area contributed by atoms with Crippen molar-refractivity contribution >= 4 is 48.9 Å². The van der Waals surface area contributed by atoms with Crippen LogP contribution in [0.1, 0.15) is 0 Å². The molecule has 26 heavy (non-hydrogen) atoms. The van der Waals surface area contributed by atoms with Gasteiger partial charge >= 0.3 is 0 Å². The van der Waals surface area contributed by atoms with Crippen LogP contribution >= 0.6 is 0 Å². The van der Waals surface area contributed by atoms with E-state index in [1.807, 2.05) is 24.5 Å². The van der Waals surface area contributed by atoms with Crippen molar-refractivity contribution in [2.45, 2.75) is 39.3 Å². The van der Waals surface area contributed by atoms with Crippen LogP contribution < -0.4 is 10.8 Å². The molecule has 0 radical (unpaired) electrons. The molecule has 4 rings (SSSR count). The van der Waals surface area contributed by atoms with Crippen LogP contribution in [0.2, 0.25) is 39.3 Å². The molecule has 0 atom stereocenters. The summed E-state index contributed by atoms with van der Waals surface area (Å²) in [6.07, 6.45) is 3.65. The zero-order valence-electron chi connectivity index (χ0n) is 16.2. The lowest BCUT2D eigenvalue weighted by Crippen LogP contribution is -2.36. The second-order valence-corrected chi connectivity index (χ2v) is 18.9. The van der Waals surface area contributed by atoms with Gasteiger partial charge in [0.15, 0.2) is 11.2 Å². The Morgan fingerprint density at radius 1 is 0.654 bits per heavy atom. The Morgan fingerprint density at radius 3 is 1.38 bits per heavy atom. The van der Waals surface area contributed by atoms with Gasteiger partial charge in [-0.2, -0.15) is 0 Å². The van der Waals surface area contributed by atoms with E-state index >= 15 is 0 Å². The first-order valence-corrected chi connectivity index (χ1v) is 15.9. The molecule has 0 aromatic carbocycles. The van der Waals surface area contributed by atoms with Crippen LogP contribution in [0.4, 0.5) is 0 Å². The molecule has 4 aromatic rings. The van der Waals surface area contributed by atoms with Crippen molar-refractivity contribution in [1.82, 2.24) is 9.97 Å². The maximum Gasteiger partial charge on any atom is 0.161 e. The number of hydrogen-bond acceptors (Lipinski definition) is 4. The number of furan rings is 2. The van der Waals surface area contributed by atoms with Gasteiger partial charge < -0.3 is 8.83 Å². The molecule has 134 valence electrons. The number of hydrogen-bond donors (Lipinski definition) is 0. The molecule has 0 N–H and O–H groups in total. The second kappa shape index (κ2) is 5.66. The molecule has 0 spiro atoms. The summed E-state index contributed by atoms with van der Waals surface area (Å²) in [7, 11) is -3.09. The fourth-order valence-electron chi connectivity index (χ4n) is 3.01. The van der Waals surface area contributed by atoms with Crippen LogP contribution in [0.15, 0.2) is 45.5 Å². The van der Waals surface area contributed by atoms with Gasteiger partial charge in [0.1, 0.15) is 27.5 Å². The molecule has 0 saturated carbocycles. The number of nitrogens with zero attached hydrogens (tertiary/aromatic N) is 2. The van der Waals surface area contributed by atoms with Crippen molar-refractivity contribution in [2.24, 2.45) is 0 Å². The molecule has 4 nitrogen and oxygen atoms in total. The number of aromatic nitrogens is 2. The third kappa shape index (κ3) is 2.83. The van der Waals surface area contributed by atoms with E-state index in [9.17, 15) is 0 Å². The second-order valence-electron chi connectivity index (χ2n) is 8.88. The largest absolute Gasteiger partial charge is 0.464 e. The van der Waals surface area contributed by atoms with Gasteiger partial charge in [-0.15, -0.1) is 0 Å². The van der Waals surface area contributed by atoms with E-state index < -0.39 is 16.1 Å². The maximum absolute atomic E-state index is 6.27. The Balaban J connectivity index is 1.98. The summed E-state index contributed by atoms with van der Waals surface area (Å²) in [5.41, 5.74) is 3.12. The van der Waals surface area contributed by atoms with Gasteiger partial charge in [0.25, 0.3) is 0 Å². The van der Waals surface area contributed by atoms with Gasteiger partial charge in [0.05, 0.1) is 10.8 Å². The number of rotatable bonds is 3. The molecule has 0 saturated heterocycles. The standard InChI is InChI=1S/C20H24N2O2Si2/c1-25(2,3)15-11-13-7-9-21-17(19(13)23-15)18-20-14(8-10-22-18)12-16(24-20)26(4,5)6/h7-12H,1-6H3. The summed E-state index contributed by atoms with van der Waals surface area (Å²) in [5, 5.41) is 4.30. The molecule has 6 heteroatoms. The predicted octanol–water partition coefficient (Wildman–Crippen LogP) is 4.73. The fourth-order valence-corrected chi connectivity index (χ4v) is 5.00. The van der Waals surface area contributed by atoms with Crippen LogP contribution in [-0.2, 0) is 0 Å². The lowest BCUT2D eigenvalue weighted by Gasteiger charge is -2.11. The van der Waals surface area contributed by atoms with E-state index in [0.29, 0.717) is 0 Å². The summed E-state index contributed by atoms with van der Waals surface area (Å²) < 4.78 is 12.5. The minimum absolute atomic E-state index is 0.758. The Labute approximate surface area is 155 Å². The minimum atomic E-state index is -1.55. The van der Waals surface area contributed by atoms with Crippen LogP contribution in [0.25, 0.3) is 33.3 Å². The minimum Gasteiger partial charge on any atom is -0.464 e. The molecule has 0 amide bonds. The van der Waals surface area contributed by atoms with Gasteiger partial charge in [0.2, 0.25) is 0 Å². The van der Waals surface area contributed by atoms with Gasteiger partial charge in [-0.3, -0.25) is 9.97 Å². The highest BCUT2D eigenvalue weighted by atomic mass is 28.3. The maximum atomic E-state index is 6.27. The molecule has 0 aliphatic carbocycles. The monoisotopic (exact) mass is 380 g/mol. The quantitative estimate of drug-likeness (QED) is 0.482. The van der Waals surface area contributed by atoms with Gasteiger partial charge in [-0.05, 0) is 24.3 Å². The highest BCUT2D eigenvalue weighted by molar-refractivity contribution is 6.88. The summed E-state index contributed by atoms with van der Waals surface area (Å²) in [6.45, 7) is 13.7. The average Bonchev–Trinajstić information content (AvgIpc) is 3.17. The van der Waals surface area contributed by atoms with Crippen molar-refractivity contribution in [3.8, 4) is 11.4 Å². The SMILES string of the molecule is C[Si](C)(C)c1cc2ccnc(-c3nccc4cc([Si](C)(C)C)oc34)c2o1. The fraction of sp³-hybridized carbons (Fsp3) is 0.300. The van der Waals surface area contributed by atoms with E-state index in [4.69, 9.17) is 8.83 Å². The molecule has 4 heterocycles. The molecule has 0 bridgehead atoms. The van der Waals surface area contributed by atoms with Crippen LogP contribution in [0.5, 0.6) is 0 Å². The first-order valence-electron chi connectivity index (χ1n) is 8.93. The molecule has 0 unspecified atom stereocenters. The zero-order chi connectivity index (χ0) is 18.7. The Bertz CT molecular complexity index is 1020. The van der Waals surface area contributed by atoms with Crippen molar-refractivity contribution in [2.75, 3.05) is 0 Å². The Kier molecular flexibility index (Phi) is 3.75. The topological polar surface area (TPSA) is 52.1 Å². The first-order chi connectivity index (χ1) is 12.1. The van der Waals surface area contributed by atoms with E-state index in [-0.39, 0.29) is 0 Å². The summed E-state index contributed by atoms with van der Waals surface area (Å²) in [4.78, 5) is 9.21. The average molecular weight is 381 g/mol. The van der Waals surface area contributed by atoms with Crippen molar-refractivity contribution in [1.29, 1.82) is 0 Å². The van der Waals surface area contributed by atoms with Gasteiger partial charge in [-0.25, -0.2) is 0 Å². The predicted molar refractivity (Wildman–Crippen MR) is 113 cm³/mol. The molecular weight excluding hydrogens is 356 g/mol. The molecule has 0 fully saturated rings. The summed E-state index contributed by atoms with van der Waals surface area (Å²) in [6, 6.07) is 8.31. The highest BCUT2D eigenvalue weighted by Crippen LogP contribution is 2.31. The lowest BCUT2D eigenvalue weighted by atomic mass is 10.1. The first kappa shape index (κ1) is 17.2. The molecular formula is C20H24N2O2Si2. The van der Waals surface area contributed by atoms with Crippen LogP contribution in [0, 0.1) is 0 Å². The molecule has 4 aromatic heterocycles. The smallest absolute Gasteiger partial charge is 0.161 e. The van der Waals surface area contributed by atoms with E-state index in [2.05, 4.69) is 61.4 Å².